The number of fused-ring (bicyclic) bond motifs is 2. The fraction of sp³-hybridized carbons (Fsp3) is 0.536. The molecule has 0 saturated carbocycles. The van der Waals surface area contributed by atoms with Crippen molar-refractivity contribution >= 4 is 22.8 Å². The van der Waals surface area contributed by atoms with Crippen molar-refractivity contribution in [2.75, 3.05) is 38.2 Å². The molecule has 0 unspecified atom stereocenters. The Morgan fingerprint density at radius 2 is 1.95 bits per heavy atom. The Morgan fingerprint density at radius 3 is 2.76 bits per heavy atom. The van der Waals surface area contributed by atoms with Gasteiger partial charge in [0.1, 0.15) is 11.4 Å². The van der Waals surface area contributed by atoms with Gasteiger partial charge in [-0.3, -0.25) is 4.57 Å². The zero-order valence-electron chi connectivity index (χ0n) is 22.0. The molecule has 2 N–H and O–H groups in total. The standard InChI is InChI=1S/C28H37N5O4/c1-28(2,3)37-27(34)29-12-8-20-17-33(24-7-5-4-6-21(20)24)26-31-23-11-15-36-18-22(23)25(32-26)30-16-19-9-13-35-14-10-19/h4-7,17,19H,8-16,18H2,1-3H3,(H,29,34)(H,30,31,32). The van der Waals surface area contributed by atoms with Gasteiger partial charge in [0.25, 0.3) is 0 Å². The van der Waals surface area contributed by atoms with Crippen LogP contribution in [0.25, 0.3) is 16.9 Å². The minimum atomic E-state index is -0.522. The van der Waals surface area contributed by atoms with E-state index in [1.807, 2.05) is 32.9 Å². The maximum absolute atomic E-state index is 12.1. The Morgan fingerprint density at radius 1 is 1.14 bits per heavy atom. The number of nitrogens with one attached hydrogen (secondary N) is 2. The SMILES string of the molecule is CC(C)(C)OC(=O)NCCc1cn(-c2nc3c(c(NCC4CCOCC4)n2)COCC3)c2ccccc12. The first-order chi connectivity index (χ1) is 17.9. The summed E-state index contributed by atoms with van der Waals surface area (Å²) in [6.45, 7) is 9.75. The monoisotopic (exact) mass is 507 g/mol. The van der Waals surface area contributed by atoms with E-state index in [-0.39, 0.29) is 0 Å². The lowest BCUT2D eigenvalue weighted by molar-refractivity contribution is 0.0528. The average molecular weight is 508 g/mol. The van der Waals surface area contributed by atoms with Gasteiger partial charge < -0.3 is 24.8 Å². The number of amides is 1. The number of benzene rings is 1. The first-order valence-corrected chi connectivity index (χ1v) is 13.2. The molecule has 5 rings (SSSR count). The second-order valence-corrected chi connectivity index (χ2v) is 10.8. The Labute approximate surface area is 217 Å². The molecule has 0 radical (unpaired) electrons. The van der Waals surface area contributed by atoms with Gasteiger partial charge in [-0.1, -0.05) is 18.2 Å². The highest BCUT2D eigenvalue weighted by Crippen LogP contribution is 2.28. The zero-order valence-corrected chi connectivity index (χ0v) is 22.0. The molecule has 4 heterocycles. The van der Waals surface area contributed by atoms with Crippen LogP contribution in [-0.4, -0.2) is 59.1 Å². The quantitative estimate of drug-likeness (QED) is 0.489. The Hall–Kier alpha value is -3.17. The summed E-state index contributed by atoms with van der Waals surface area (Å²) >= 11 is 0. The van der Waals surface area contributed by atoms with Crippen LogP contribution >= 0.6 is 0 Å². The van der Waals surface area contributed by atoms with Crippen LogP contribution in [0.1, 0.15) is 50.4 Å². The Kier molecular flexibility index (Phi) is 7.62. The van der Waals surface area contributed by atoms with Gasteiger partial charge >= 0.3 is 6.09 Å². The van der Waals surface area contributed by atoms with Gasteiger partial charge in [-0.2, -0.15) is 4.98 Å². The van der Waals surface area contributed by atoms with E-state index >= 15 is 0 Å². The number of rotatable bonds is 7. The van der Waals surface area contributed by atoms with Crippen LogP contribution < -0.4 is 10.6 Å². The van der Waals surface area contributed by atoms with E-state index in [4.69, 9.17) is 24.2 Å². The molecule has 37 heavy (non-hydrogen) atoms. The molecule has 3 aromatic rings. The number of hydrogen-bond donors (Lipinski definition) is 2. The van der Waals surface area contributed by atoms with Gasteiger partial charge in [-0.05, 0) is 57.6 Å². The maximum atomic E-state index is 12.1. The minimum absolute atomic E-state index is 0.406. The highest BCUT2D eigenvalue weighted by atomic mass is 16.6. The maximum Gasteiger partial charge on any atom is 0.407 e. The highest BCUT2D eigenvalue weighted by molar-refractivity contribution is 5.85. The van der Waals surface area contributed by atoms with Crippen molar-refractivity contribution in [1.29, 1.82) is 0 Å². The number of hydrogen-bond acceptors (Lipinski definition) is 7. The number of nitrogens with zero attached hydrogens (tertiary/aromatic N) is 3. The molecule has 1 amide bonds. The number of anilines is 1. The summed E-state index contributed by atoms with van der Waals surface area (Å²) in [4.78, 5) is 22.1. The molecule has 1 aromatic carbocycles. The van der Waals surface area contributed by atoms with E-state index in [0.29, 0.717) is 38.0 Å². The van der Waals surface area contributed by atoms with E-state index in [0.717, 1.165) is 72.6 Å². The van der Waals surface area contributed by atoms with Crippen molar-refractivity contribution in [3.8, 4) is 5.95 Å². The topological polar surface area (TPSA) is 99.5 Å². The highest BCUT2D eigenvalue weighted by Gasteiger charge is 2.22. The number of carbonyl (C=O) groups is 1. The summed E-state index contributed by atoms with van der Waals surface area (Å²) in [5.41, 5.74) is 3.73. The van der Waals surface area contributed by atoms with E-state index in [1.165, 1.54) is 0 Å². The molecule has 2 aliphatic rings. The minimum Gasteiger partial charge on any atom is -0.444 e. The second kappa shape index (κ2) is 11.1. The van der Waals surface area contributed by atoms with Crippen LogP contribution in [0.4, 0.5) is 10.6 Å². The van der Waals surface area contributed by atoms with Gasteiger partial charge in [-0.25, -0.2) is 9.78 Å². The van der Waals surface area contributed by atoms with Gasteiger partial charge in [0.15, 0.2) is 0 Å². The van der Waals surface area contributed by atoms with Gasteiger partial charge in [-0.15, -0.1) is 0 Å². The predicted octanol–water partition coefficient (Wildman–Crippen LogP) is 4.40. The lowest BCUT2D eigenvalue weighted by Gasteiger charge is -2.25. The van der Waals surface area contributed by atoms with Crippen LogP contribution in [0.3, 0.4) is 0 Å². The molecule has 9 heteroatoms. The Balaban J connectivity index is 1.40. The zero-order chi connectivity index (χ0) is 25.8. The normalized spacial score (nSPS) is 16.4. The first kappa shape index (κ1) is 25.5. The summed E-state index contributed by atoms with van der Waals surface area (Å²) in [5.74, 6) is 2.08. The molecule has 0 atom stereocenters. The van der Waals surface area contributed by atoms with Crippen molar-refractivity contribution in [3.05, 3.63) is 47.3 Å². The average Bonchev–Trinajstić information content (AvgIpc) is 3.25. The molecular weight excluding hydrogens is 470 g/mol. The summed E-state index contributed by atoms with van der Waals surface area (Å²) in [7, 11) is 0. The molecule has 1 fully saturated rings. The number of para-hydroxylation sites is 1. The van der Waals surface area contributed by atoms with Crippen molar-refractivity contribution in [3.63, 3.8) is 0 Å². The fourth-order valence-corrected chi connectivity index (χ4v) is 4.89. The molecule has 1 saturated heterocycles. The van der Waals surface area contributed by atoms with Gasteiger partial charge in [0.2, 0.25) is 5.95 Å². The summed E-state index contributed by atoms with van der Waals surface area (Å²) < 4.78 is 18.7. The van der Waals surface area contributed by atoms with Crippen LogP contribution in [0.5, 0.6) is 0 Å². The van der Waals surface area contributed by atoms with Crippen molar-refractivity contribution in [1.82, 2.24) is 19.9 Å². The predicted molar refractivity (Wildman–Crippen MR) is 142 cm³/mol. The summed E-state index contributed by atoms with van der Waals surface area (Å²) in [6.07, 6.45) is 5.24. The van der Waals surface area contributed by atoms with Crippen LogP contribution in [0.15, 0.2) is 30.5 Å². The molecular formula is C28H37N5O4. The van der Waals surface area contributed by atoms with Crippen LogP contribution in [0.2, 0.25) is 0 Å². The van der Waals surface area contributed by atoms with Gasteiger partial charge in [0.05, 0.1) is 24.4 Å². The first-order valence-electron chi connectivity index (χ1n) is 13.2. The van der Waals surface area contributed by atoms with Crippen LogP contribution in [-0.2, 0) is 33.7 Å². The lowest BCUT2D eigenvalue weighted by atomic mass is 10.0. The number of carbonyl (C=O) groups excluding carboxylic acids is 1. The molecule has 0 spiro atoms. The smallest absolute Gasteiger partial charge is 0.407 e. The third kappa shape index (κ3) is 6.22. The van der Waals surface area contributed by atoms with E-state index in [1.54, 1.807) is 0 Å². The van der Waals surface area contributed by atoms with Crippen LogP contribution in [0, 0.1) is 5.92 Å². The second-order valence-electron chi connectivity index (χ2n) is 10.8. The lowest BCUT2D eigenvalue weighted by Crippen LogP contribution is -2.33. The molecule has 198 valence electrons. The number of ether oxygens (including phenoxy) is 3. The van der Waals surface area contributed by atoms with Crippen molar-refractivity contribution in [2.24, 2.45) is 5.92 Å². The number of aromatic nitrogens is 3. The van der Waals surface area contributed by atoms with Crippen molar-refractivity contribution in [2.45, 2.75) is 58.7 Å². The van der Waals surface area contributed by atoms with E-state index in [2.05, 4.69) is 33.5 Å². The molecule has 9 nitrogen and oxygen atoms in total. The molecule has 2 aromatic heterocycles. The van der Waals surface area contributed by atoms with Gasteiger partial charge in [0, 0.05) is 49.9 Å². The van der Waals surface area contributed by atoms with Crippen molar-refractivity contribution < 1.29 is 19.0 Å². The summed E-state index contributed by atoms with van der Waals surface area (Å²) in [5, 5.41) is 7.60. The molecule has 0 bridgehead atoms. The third-order valence-electron chi connectivity index (χ3n) is 6.78. The Bertz CT molecular complexity index is 1240. The molecule has 0 aliphatic carbocycles. The molecule has 2 aliphatic heterocycles. The largest absolute Gasteiger partial charge is 0.444 e. The number of alkyl carbamates (subject to hydrolysis) is 1. The summed E-state index contributed by atoms with van der Waals surface area (Å²) in [6, 6.07) is 8.24. The fourth-order valence-electron chi connectivity index (χ4n) is 4.89. The third-order valence-corrected chi connectivity index (χ3v) is 6.78. The van der Waals surface area contributed by atoms with E-state index < -0.39 is 11.7 Å². The van der Waals surface area contributed by atoms with E-state index in [9.17, 15) is 4.79 Å².